The van der Waals surface area contributed by atoms with E-state index in [2.05, 4.69) is 28.4 Å². The second kappa shape index (κ2) is 12.0. The number of nitrogens with zero attached hydrogens (tertiary/aromatic N) is 4. The molecule has 2 heterocycles. The van der Waals surface area contributed by atoms with Gasteiger partial charge in [0.1, 0.15) is 5.75 Å². The molecule has 1 saturated heterocycles. The smallest absolute Gasteiger partial charge is 0.285 e. The van der Waals surface area contributed by atoms with E-state index >= 15 is 0 Å². The number of hydrogen-bond donors (Lipinski definition) is 1. The van der Waals surface area contributed by atoms with E-state index in [4.69, 9.17) is 4.74 Å². The molecule has 1 aliphatic heterocycles. The molecule has 0 saturated carbocycles. The molecule has 0 unspecified atom stereocenters. The molecule has 0 radical (unpaired) electrons. The first-order chi connectivity index (χ1) is 18.2. The van der Waals surface area contributed by atoms with Crippen LogP contribution in [0.5, 0.6) is 5.75 Å². The Morgan fingerprint density at radius 1 is 0.974 bits per heavy atom. The molecule has 10 nitrogen and oxygen atoms in total. The number of piperazine rings is 1. The number of carbonyl (C=O) groups excluding carboxylic acids is 2. The summed E-state index contributed by atoms with van der Waals surface area (Å²) in [5.41, 5.74) is 3.19. The molecule has 200 valence electrons. The van der Waals surface area contributed by atoms with Gasteiger partial charge >= 0.3 is 0 Å². The van der Waals surface area contributed by atoms with Crippen LogP contribution in [0.25, 0.3) is 11.1 Å². The van der Waals surface area contributed by atoms with E-state index in [1.54, 1.807) is 6.07 Å². The lowest BCUT2D eigenvalue weighted by molar-refractivity contribution is -0.131. The van der Waals surface area contributed by atoms with Gasteiger partial charge in [0, 0.05) is 32.6 Å². The van der Waals surface area contributed by atoms with Crippen LogP contribution < -0.4 is 14.4 Å². The van der Waals surface area contributed by atoms with E-state index < -0.39 is 15.9 Å². The first kappa shape index (κ1) is 27.1. The lowest BCUT2D eigenvalue weighted by Crippen LogP contribution is -2.49. The van der Waals surface area contributed by atoms with Crippen LogP contribution in [0.1, 0.15) is 29.4 Å². The average molecular weight is 538 g/mol. The van der Waals surface area contributed by atoms with E-state index in [9.17, 15) is 18.0 Å². The summed E-state index contributed by atoms with van der Waals surface area (Å²) >= 11 is 0. The first-order valence-corrected chi connectivity index (χ1v) is 14.3. The van der Waals surface area contributed by atoms with Crippen molar-refractivity contribution in [2.45, 2.75) is 19.8 Å². The van der Waals surface area contributed by atoms with Gasteiger partial charge in [-0.25, -0.2) is 13.1 Å². The van der Waals surface area contributed by atoms with Crippen LogP contribution >= 0.6 is 0 Å². The number of rotatable bonds is 9. The fraction of sp³-hybridized carbons (Fsp3) is 0.333. The number of anilines is 1. The summed E-state index contributed by atoms with van der Waals surface area (Å²) in [5.74, 6) is 0.661. The van der Waals surface area contributed by atoms with Crippen LogP contribution in [0, 0.1) is 0 Å². The molecule has 0 bridgehead atoms. The summed E-state index contributed by atoms with van der Waals surface area (Å²) in [4.78, 5) is 28.8. The van der Waals surface area contributed by atoms with Crippen molar-refractivity contribution >= 4 is 27.7 Å². The van der Waals surface area contributed by atoms with Gasteiger partial charge in [0.2, 0.25) is 15.9 Å². The molecule has 11 heteroatoms. The highest BCUT2D eigenvalue weighted by atomic mass is 32.2. The largest absolute Gasteiger partial charge is 0.494 e. The monoisotopic (exact) mass is 537 g/mol. The molecular weight excluding hydrogens is 506 g/mol. The van der Waals surface area contributed by atoms with Gasteiger partial charge in [-0.1, -0.05) is 36.4 Å². The topological polar surface area (TPSA) is 122 Å². The fourth-order valence-electron chi connectivity index (χ4n) is 4.36. The molecule has 0 atom stereocenters. The Hall–Kier alpha value is -3.99. The van der Waals surface area contributed by atoms with Crippen LogP contribution in [-0.4, -0.2) is 74.4 Å². The SMILES string of the molecule is CCOc1cccc(-c2ccccc2CCC(=O)N2CCN(c3ccc(C(=O)NS(C)(=O)=O)nn3)CC2)c1. The molecular formula is C27H31N5O5S. The third-order valence-electron chi connectivity index (χ3n) is 6.20. The van der Waals surface area contributed by atoms with Gasteiger partial charge in [-0.3, -0.25) is 9.59 Å². The van der Waals surface area contributed by atoms with E-state index in [1.165, 1.54) is 6.07 Å². The quantitative estimate of drug-likeness (QED) is 0.442. The zero-order valence-electron chi connectivity index (χ0n) is 21.5. The summed E-state index contributed by atoms with van der Waals surface area (Å²) in [6.07, 6.45) is 1.94. The maximum atomic E-state index is 13.0. The van der Waals surface area contributed by atoms with E-state index in [1.807, 2.05) is 51.8 Å². The molecule has 1 N–H and O–H groups in total. The minimum absolute atomic E-state index is 0.0853. The minimum atomic E-state index is -3.68. The third kappa shape index (κ3) is 7.06. The molecule has 3 aromatic rings. The summed E-state index contributed by atoms with van der Waals surface area (Å²) in [7, 11) is -3.68. The molecule has 38 heavy (non-hydrogen) atoms. The van der Waals surface area contributed by atoms with E-state index in [0.29, 0.717) is 51.4 Å². The predicted molar refractivity (Wildman–Crippen MR) is 145 cm³/mol. The van der Waals surface area contributed by atoms with Crippen molar-refractivity contribution in [3.05, 3.63) is 71.9 Å². The Kier molecular flexibility index (Phi) is 8.57. The highest BCUT2D eigenvalue weighted by Gasteiger charge is 2.23. The van der Waals surface area contributed by atoms with Crippen molar-refractivity contribution in [1.82, 2.24) is 19.8 Å². The van der Waals surface area contributed by atoms with Gasteiger partial charge in [0.25, 0.3) is 5.91 Å². The standard InChI is InChI=1S/C27H31N5O5S/c1-3-37-22-9-6-8-21(19-22)23-10-5-4-7-20(23)11-14-26(33)32-17-15-31(16-18-32)25-13-12-24(28-29-25)27(34)30-38(2,35)36/h4-10,12-13,19H,3,11,14-18H2,1-2H3,(H,30,34). The molecule has 0 spiro atoms. The summed E-state index contributed by atoms with van der Waals surface area (Å²) in [6.45, 7) is 4.82. The molecule has 1 fully saturated rings. The average Bonchev–Trinajstić information content (AvgIpc) is 2.91. The first-order valence-electron chi connectivity index (χ1n) is 12.4. The molecule has 2 amide bonds. The number of carbonyl (C=O) groups is 2. The normalized spacial score (nSPS) is 13.7. The van der Waals surface area contributed by atoms with Crippen LogP contribution in [0.15, 0.2) is 60.7 Å². The van der Waals surface area contributed by atoms with Crippen molar-refractivity contribution in [2.75, 3.05) is 43.9 Å². The van der Waals surface area contributed by atoms with Gasteiger partial charge in [-0.15, -0.1) is 10.2 Å². The molecule has 4 rings (SSSR count). The molecule has 2 aromatic carbocycles. The Balaban J connectivity index is 1.32. The Labute approximate surface area is 222 Å². The molecule has 1 aromatic heterocycles. The van der Waals surface area contributed by atoms with E-state index in [-0.39, 0.29) is 11.6 Å². The predicted octanol–water partition coefficient (Wildman–Crippen LogP) is 2.51. The highest BCUT2D eigenvalue weighted by Crippen LogP contribution is 2.28. The summed E-state index contributed by atoms with van der Waals surface area (Å²) in [6, 6.07) is 19.2. The zero-order valence-corrected chi connectivity index (χ0v) is 22.3. The number of sulfonamides is 1. The van der Waals surface area contributed by atoms with Gasteiger partial charge < -0.3 is 14.5 Å². The van der Waals surface area contributed by atoms with Crippen molar-refractivity contribution in [3.63, 3.8) is 0 Å². The number of aryl methyl sites for hydroxylation is 1. The number of aromatic nitrogens is 2. The molecule has 0 aliphatic carbocycles. The van der Waals surface area contributed by atoms with Crippen LogP contribution in [0.2, 0.25) is 0 Å². The second-order valence-corrected chi connectivity index (χ2v) is 10.7. The fourth-order valence-corrected chi connectivity index (χ4v) is 4.80. The van der Waals surface area contributed by atoms with E-state index in [0.717, 1.165) is 28.7 Å². The maximum Gasteiger partial charge on any atom is 0.285 e. The Morgan fingerprint density at radius 3 is 2.42 bits per heavy atom. The van der Waals surface area contributed by atoms with Crippen molar-refractivity contribution < 1.29 is 22.7 Å². The van der Waals surface area contributed by atoms with Crippen LogP contribution in [-0.2, 0) is 21.2 Å². The third-order valence-corrected chi connectivity index (χ3v) is 6.76. The minimum Gasteiger partial charge on any atom is -0.494 e. The maximum absolute atomic E-state index is 13.0. The highest BCUT2D eigenvalue weighted by molar-refractivity contribution is 7.89. The number of benzene rings is 2. The number of hydrogen-bond acceptors (Lipinski definition) is 8. The number of ether oxygens (including phenoxy) is 1. The van der Waals surface area contributed by atoms with Crippen molar-refractivity contribution in [1.29, 1.82) is 0 Å². The summed E-state index contributed by atoms with van der Waals surface area (Å²) in [5, 5.41) is 7.91. The van der Waals surface area contributed by atoms with Gasteiger partial charge in [0.05, 0.1) is 12.9 Å². The lowest BCUT2D eigenvalue weighted by Gasteiger charge is -2.35. The summed E-state index contributed by atoms with van der Waals surface area (Å²) < 4.78 is 30.0. The van der Waals surface area contributed by atoms with Crippen molar-refractivity contribution in [3.8, 4) is 16.9 Å². The zero-order chi connectivity index (χ0) is 27.1. The Bertz CT molecular complexity index is 1390. The van der Waals surface area contributed by atoms with Gasteiger partial charge in [0.15, 0.2) is 11.5 Å². The second-order valence-electron chi connectivity index (χ2n) is 8.97. The number of amides is 2. The Morgan fingerprint density at radius 2 is 1.74 bits per heavy atom. The lowest BCUT2D eigenvalue weighted by atomic mass is 9.96. The number of nitrogens with one attached hydrogen (secondary N) is 1. The van der Waals surface area contributed by atoms with Crippen LogP contribution in [0.3, 0.4) is 0 Å². The van der Waals surface area contributed by atoms with Gasteiger partial charge in [-0.2, -0.15) is 0 Å². The van der Waals surface area contributed by atoms with Crippen LogP contribution in [0.4, 0.5) is 5.82 Å². The van der Waals surface area contributed by atoms with Crippen molar-refractivity contribution in [2.24, 2.45) is 0 Å². The molecule has 1 aliphatic rings. The van der Waals surface area contributed by atoms with Gasteiger partial charge in [-0.05, 0) is 54.3 Å².